The van der Waals surface area contributed by atoms with Gasteiger partial charge < -0.3 is 118 Å². The third-order valence-corrected chi connectivity index (χ3v) is 18.2. The van der Waals surface area contributed by atoms with Gasteiger partial charge in [-0.15, -0.1) is 0 Å². The van der Waals surface area contributed by atoms with Crippen molar-refractivity contribution in [2.45, 2.75) is 202 Å². The summed E-state index contributed by atoms with van der Waals surface area (Å²) in [6.45, 7) is 3.57. The predicted octanol–water partition coefficient (Wildman–Crippen LogP) is -6.62. The molecule has 0 bridgehead atoms. The largest absolute Gasteiger partial charge is 0.480 e. The van der Waals surface area contributed by atoms with Gasteiger partial charge in [0.25, 0.3) is 0 Å². The van der Waals surface area contributed by atoms with Crippen LogP contribution in [0.1, 0.15) is 128 Å². The van der Waals surface area contributed by atoms with Crippen molar-refractivity contribution in [1.29, 1.82) is 0 Å². The number of thioether (sulfide) groups is 1. The normalized spacial score (nSPS) is 16.7. The van der Waals surface area contributed by atoms with Gasteiger partial charge in [0.15, 0.2) is 11.9 Å². The van der Waals surface area contributed by atoms with Gasteiger partial charge in [-0.1, -0.05) is 44.2 Å². The number of aliphatic carboxylic acids is 1. The van der Waals surface area contributed by atoms with Crippen molar-refractivity contribution < 1.29 is 77.3 Å². The number of primary amides is 1. The molecule has 1 aromatic heterocycles. The number of amides is 13. The number of hydrogen-bond acceptors (Lipinski definition) is 21. The van der Waals surface area contributed by atoms with Crippen LogP contribution < -0.4 is 93.3 Å². The maximum Gasteiger partial charge on any atom is 0.326 e. The molecule has 12 atom stereocenters. The molecule has 594 valence electrons. The molecule has 0 unspecified atom stereocenters. The van der Waals surface area contributed by atoms with Gasteiger partial charge in [0.1, 0.15) is 66.5 Å². The fourth-order valence-corrected chi connectivity index (χ4v) is 12.3. The van der Waals surface area contributed by atoms with Crippen molar-refractivity contribution in [3.8, 4) is 0 Å². The van der Waals surface area contributed by atoms with E-state index in [0.29, 0.717) is 36.3 Å². The average Bonchev–Trinajstić information content (AvgIpc) is 1.74. The Balaban J connectivity index is 1.46. The summed E-state index contributed by atoms with van der Waals surface area (Å²) < 4.78 is 0. The second kappa shape index (κ2) is 46.7. The first kappa shape index (κ1) is 89.2. The number of aromatic amines is 1. The number of carboxylic acid groups (broad SMARTS) is 1. The van der Waals surface area contributed by atoms with Crippen molar-refractivity contribution >= 4 is 106 Å². The Bertz CT molecular complexity index is 3360. The molecule has 13 amide bonds. The van der Waals surface area contributed by atoms with Gasteiger partial charge >= 0.3 is 5.97 Å². The first-order valence-corrected chi connectivity index (χ1v) is 37.1. The number of rotatable bonds is 48. The summed E-state index contributed by atoms with van der Waals surface area (Å²) in [5.74, 6) is -12.1. The number of benzene rings is 1. The molecular weight excluding hydrogens is 1410 g/mol. The SMILES string of the molecule is CSCC[C@H](NC(=O)[C@H](C)NC(=O)CNC(=O)[C@H](CCCCN)NC(=O)[C@H](Cc1cnc[nH]1)NC(=O)[C@H](CO)NC(=O)[C@H](CC(C)C)NC(=O)[C@H](CCCN=C(N)N)NC(=O)[C@@H]1CCCN1C(=O)[C@H](CCCN=C(N)N)NC(=O)[C@@H](N)CCC(N)=O)C(=O)N1CCC[C@H]1C(=O)N[C@@H](Cc1ccccc1)C(=O)O. The fourth-order valence-electron chi connectivity index (χ4n) is 11.8. The number of hydrogen-bond donors (Lipinski definition) is 20. The summed E-state index contributed by atoms with van der Waals surface area (Å²) in [5.41, 5.74) is 40.1. The lowest BCUT2D eigenvalue weighted by Crippen LogP contribution is -2.61. The second-order valence-electron chi connectivity index (χ2n) is 26.6. The van der Waals surface area contributed by atoms with Crippen LogP contribution in [0.4, 0.5) is 0 Å². The molecule has 2 fully saturated rings. The number of aliphatic hydroxyl groups is 1. The number of nitrogens with two attached hydrogens (primary N) is 7. The molecule has 4 rings (SSSR count). The number of aliphatic hydroxyl groups excluding tert-OH is 1. The number of nitrogens with zero attached hydrogens (tertiary/aromatic N) is 5. The van der Waals surface area contributed by atoms with Gasteiger partial charge in [-0.25, -0.2) is 9.78 Å². The zero-order chi connectivity index (χ0) is 79.3. The number of unbranched alkanes of at least 4 members (excludes halogenated alkanes) is 1. The Kier molecular flexibility index (Phi) is 38.9. The Labute approximate surface area is 624 Å². The van der Waals surface area contributed by atoms with Crippen LogP contribution in [0.5, 0.6) is 0 Å². The highest BCUT2D eigenvalue weighted by molar-refractivity contribution is 7.98. The molecule has 3 heterocycles. The minimum Gasteiger partial charge on any atom is -0.480 e. The number of imidazole rings is 1. The minimum absolute atomic E-state index is 0.000530. The van der Waals surface area contributed by atoms with E-state index in [1.165, 1.54) is 41.0 Å². The Hall–Kier alpha value is -10.2. The van der Waals surface area contributed by atoms with Crippen LogP contribution in [-0.4, -0.2) is 255 Å². The third kappa shape index (κ3) is 31.4. The van der Waals surface area contributed by atoms with E-state index in [2.05, 4.69) is 73.1 Å². The van der Waals surface area contributed by atoms with Crippen LogP contribution >= 0.6 is 11.8 Å². The van der Waals surface area contributed by atoms with E-state index in [4.69, 9.17) is 40.1 Å². The van der Waals surface area contributed by atoms with Crippen LogP contribution in [0.2, 0.25) is 0 Å². The number of carbonyl (C=O) groups excluding carboxylic acids is 13. The van der Waals surface area contributed by atoms with Crippen LogP contribution in [0.15, 0.2) is 52.8 Å². The first-order valence-electron chi connectivity index (χ1n) is 35.7. The quantitative estimate of drug-likeness (QED) is 0.0166. The van der Waals surface area contributed by atoms with Crippen LogP contribution in [0.25, 0.3) is 0 Å². The van der Waals surface area contributed by atoms with E-state index >= 15 is 0 Å². The monoisotopic (exact) mass is 1520 g/mol. The van der Waals surface area contributed by atoms with Crippen molar-refractivity contribution in [3.63, 3.8) is 0 Å². The molecule has 39 nitrogen and oxygen atoms in total. The zero-order valence-corrected chi connectivity index (χ0v) is 61.8. The number of H-pyrrole nitrogens is 1. The number of guanidine groups is 2. The molecule has 0 spiro atoms. The molecule has 2 saturated heterocycles. The number of carbonyl (C=O) groups is 14. The number of carboxylic acids is 1. The molecule has 1 aromatic carbocycles. The summed E-state index contributed by atoms with van der Waals surface area (Å²) in [6.07, 6.45) is 5.93. The topological polar surface area (TPSA) is 642 Å². The lowest BCUT2D eigenvalue weighted by atomic mass is 10.0. The van der Waals surface area contributed by atoms with E-state index in [-0.39, 0.29) is 140 Å². The third-order valence-electron chi connectivity index (χ3n) is 17.5. The molecule has 0 radical (unpaired) electrons. The van der Waals surface area contributed by atoms with Crippen LogP contribution in [0, 0.1) is 5.92 Å². The summed E-state index contributed by atoms with van der Waals surface area (Å²) in [4.78, 5) is 209. The van der Waals surface area contributed by atoms with Crippen molar-refractivity contribution in [2.24, 2.45) is 56.0 Å². The number of nitrogens with one attached hydrogen (secondary N) is 11. The zero-order valence-electron chi connectivity index (χ0n) is 61.0. The van der Waals surface area contributed by atoms with Gasteiger partial charge in [0.05, 0.1) is 25.5 Å². The maximum absolute atomic E-state index is 14.5. The number of aliphatic imine (C=N–C) groups is 2. The van der Waals surface area contributed by atoms with Crippen molar-refractivity contribution in [2.75, 3.05) is 57.9 Å². The highest BCUT2D eigenvalue weighted by atomic mass is 32.2. The Morgan fingerprint density at radius 3 is 1.64 bits per heavy atom. The number of likely N-dealkylation sites (tertiary alicyclic amines) is 2. The fraction of sp³-hybridized carbons (Fsp3) is 0.627. The molecule has 0 saturated carbocycles. The number of aromatic nitrogens is 2. The second-order valence-corrected chi connectivity index (χ2v) is 27.6. The van der Waals surface area contributed by atoms with Crippen LogP contribution in [0.3, 0.4) is 0 Å². The standard InChI is InChI=1S/C67H109N23O16S/c1-37(2)30-46(85-57(97)43(17-10-25-76-66(71)72)82-61(101)50-19-12-27-89(50)63(103)44(18-11-26-77-67(73)74)84-55(95)41(69)21-22-52(70)92)58(98)88-49(35-91)60(100)86-47(32-40-33-75-36-79-40)59(99)81-42(16-8-9-24-68)56(96)78-34-53(93)80-38(3)54(94)83-45(23-29-107-4)64(104)90-28-13-20-51(90)62(102)87-48(65(105)106)31-39-14-6-5-7-15-39/h5-7,14-15,33,36-38,41-51,91H,8-13,16-32,34-35,68-69H2,1-4H3,(H2,70,92)(H,75,79)(H,78,96)(H,80,93)(H,81,99)(H,82,101)(H,83,94)(H,84,95)(H,85,97)(H,86,100)(H,87,102)(H,88,98)(H,105,106)(H4,71,72,76)(H4,73,74,77)/t38-,41-,42-,43-,44-,45-,46-,47-,48-,49-,50-,51-/m0/s1. The van der Waals surface area contributed by atoms with Crippen molar-refractivity contribution in [3.05, 3.63) is 54.1 Å². The van der Waals surface area contributed by atoms with Gasteiger partial charge in [-0.3, -0.25) is 72.3 Å². The van der Waals surface area contributed by atoms with E-state index in [1.54, 1.807) is 50.4 Å². The minimum atomic E-state index is -1.78. The smallest absolute Gasteiger partial charge is 0.326 e. The van der Waals surface area contributed by atoms with E-state index in [0.717, 1.165) is 0 Å². The molecule has 27 N–H and O–H groups in total. The highest BCUT2D eigenvalue weighted by Crippen LogP contribution is 2.23. The molecule has 2 aliphatic heterocycles. The highest BCUT2D eigenvalue weighted by Gasteiger charge is 2.42. The Morgan fingerprint density at radius 2 is 1.09 bits per heavy atom. The summed E-state index contributed by atoms with van der Waals surface area (Å²) in [6, 6.07) is -7.19. The molecule has 107 heavy (non-hydrogen) atoms. The maximum atomic E-state index is 14.5. The lowest BCUT2D eigenvalue weighted by Gasteiger charge is -2.31. The summed E-state index contributed by atoms with van der Waals surface area (Å²) in [5, 5.41) is 46.4. The molecule has 40 heteroatoms. The van der Waals surface area contributed by atoms with Crippen molar-refractivity contribution in [1.82, 2.24) is 72.9 Å². The summed E-state index contributed by atoms with van der Waals surface area (Å²) in [7, 11) is 0. The van der Waals surface area contributed by atoms with Gasteiger partial charge in [-0.05, 0) is 127 Å². The molecule has 2 aliphatic rings. The van der Waals surface area contributed by atoms with Gasteiger partial charge in [-0.2, -0.15) is 11.8 Å². The van der Waals surface area contributed by atoms with Crippen LogP contribution in [-0.2, 0) is 80.0 Å². The lowest BCUT2D eigenvalue weighted by molar-refractivity contribution is -0.145. The molecular formula is C67H109N23O16S. The summed E-state index contributed by atoms with van der Waals surface area (Å²) >= 11 is 1.40. The van der Waals surface area contributed by atoms with E-state index < -0.39 is 168 Å². The van der Waals surface area contributed by atoms with Gasteiger partial charge in [0.2, 0.25) is 76.8 Å². The Morgan fingerprint density at radius 1 is 0.589 bits per heavy atom. The van der Waals surface area contributed by atoms with Gasteiger partial charge in [0, 0.05) is 57.3 Å². The predicted molar refractivity (Wildman–Crippen MR) is 394 cm³/mol. The van der Waals surface area contributed by atoms with E-state index in [9.17, 15) is 77.3 Å². The van der Waals surface area contributed by atoms with E-state index in [1.807, 2.05) is 0 Å². The molecule has 2 aromatic rings. The average molecular weight is 1520 g/mol. The first-order chi connectivity index (χ1) is 50.9. The molecule has 0 aliphatic carbocycles.